The number of hydrogen-bond acceptors (Lipinski definition) is 6. The second-order valence-electron chi connectivity index (χ2n) is 6.67. The van der Waals surface area contributed by atoms with Crippen molar-refractivity contribution in [2.75, 3.05) is 21.3 Å². The molecule has 1 aliphatic rings. The number of anilines is 2. The monoisotopic (exact) mass is 439 g/mol. The van der Waals surface area contributed by atoms with E-state index in [-0.39, 0.29) is 11.4 Å². The molecule has 0 bridgehead atoms. The van der Waals surface area contributed by atoms with Crippen molar-refractivity contribution in [3.8, 4) is 0 Å². The fraction of sp³-hybridized carbons (Fsp3) is 0.333. The molecule has 2 aromatic rings. The molecule has 2 aromatic carbocycles. The van der Waals surface area contributed by atoms with Gasteiger partial charge in [0.2, 0.25) is 10.0 Å². The van der Waals surface area contributed by atoms with Crippen LogP contribution in [0, 0.1) is 10.1 Å². The van der Waals surface area contributed by atoms with Gasteiger partial charge in [-0.05, 0) is 49.1 Å². The molecule has 9 nitrogen and oxygen atoms in total. The Balaban J connectivity index is 1.94. The smallest absolute Gasteiger partial charge is 0.279 e. The van der Waals surface area contributed by atoms with Crippen molar-refractivity contribution in [2.24, 2.45) is 0 Å². The summed E-state index contributed by atoms with van der Waals surface area (Å²) < 4.78 is 54.1. The number of aryl methyl sites for hydroxylation is 1. The predicted molar refractivity (Wildman–Crippen MR) is 110 cm³/mol. The highest BCUT2D eigenvalue weighted by molar-refractivity contribution is 7.93. The van der Waals surface area contributed by atoms with Crippen molar-refractivity contribution < 1.29 is 21.8 Å². The van der Waals surface area contributed by atoms with Crippen molar-refractivity contribution >= 4 is 37.1 Å². The molecule has 3 rings (SSSR count). The van der Waals surface area contributed by atoms with Crippen LogP contribution < -0.4 is 9.03 Å². The average molecular weight is 440 g/mol. The van der Waals surface area contributed by atoms with E-state index in [4.69, 9.17) is 0 Å². The minimum Gasteiger partial charge on any atom is -0.279 e. The molecule has 0 unspecified atom stereocenters. The minimum atomic E-state index is -4.19. The zero-order valence-corrected chi connectivity index (χ0v) is 17.4. The number of fused-ring (bicyclic) bond motifs is 1. The molecule has 0 atom stereocenters. The first kappa shape index (κ1) is 21.1. The minimum absolute atomic E-state index is 0.0402. The summed E-state index contributed by atoms with van der Waals surface area (Å²) in [5.74, 6) is 0.0402. The van der Waals surface area contributed by atoms with E-state index in [1.54, 1.807) is 19.1 Å². The largest absolute Gasteiger partial charge is 0.289 e. The summed E-state index contributed by atoms with van der Waals surface area (Å²) in [5, 5.41) is 11.1. The van der Waals surface area contributed by atoms with Crippen LogP contribution in [0.1, 0.15) is 25.3 Å². The highest BCUT2D eigenvalue weighted by Gasteiger charge is 2.28. The summed E-state index contributed by atoms with van der Waals surface area (Å²) >= 11 is 0. The number of para-hydroxylation sites is 1. The maximum absolute atomic E-state index is 12.7. The van der Waals surface area contributed by atoms with Crippen LogP contribution in [0.15, 0.2) is 47.4 Å². The number of nitrogens with zero attached hydrogens (tertiary/aromatic N) is 2. The molecule has 11 heteroatoms. The Hall–Kier alpha value is -2.66. The number of nitrogens with one attached hydrogen (secondary N) is 1. The third-order valence-corrected chi connectivity index (χ3v) is 7.96. The lowest BCUT2D eigenvalue weighted by atomic mass is 10.0. The number of benzene rings is 2. The molecule has 0 fully saturated rings. The van der Waals surface area contributed by atoms with Gasteiger partial charge in [-0.3, -0.25) is 19.1 Å². The van der Waals surface area contributed by atoms with Crippen LogP contribution in [0.2, 0.25) is 0 Å². The lowest BCUT2D eigenvalue weighted by Crippen LogP contribution is -2.37. The molecule has 156 valence electrons. The van der Waals surface area contributed by atoms with Gasteiger partial charge in [-0.25, -0.2) is 16.8 Å². The second-order valence-corrected chi connectivity index (χ2v) is 10.3. The maximum atomic E-state index is 12.7. The molecule has 1 heterocycles. The summed E-state index contributed by atoms with van der Waals surface area (Å²) in [7, 11) is -7.62. The normalized spacial score (nSPS) is 14.3. The van der Waals surface area contributed by atoms with Crippen molar-refractivity contribution in [1.82, 2.24) is 0 Å². The summed E-state index contributed by atoms with van der Waals surface area (Å²) in [5.41, 5.74) is 0.948. The molecular formula is C18H21N3O6S2. The van der Waals surface area contributed by atoms with Gasteiger partial charge < -0.3 is 0 Å². The Kier molecular flexibility index (Phi) is 5.80. The van der Waals surface area contributed by atoms with Gasteiger partial charge in [0.05, 0.1) is 16.4 Å². The first-order chi connectivity index (χ1) is 13.7. The fourth-order valence-electron chi connectivity index (χ4n) is 3.33. The van der Waals surface area contributed by atoms with Crippen molar-refractivity contribution in [2.45, 2.75) is 31.1 Å². The van der Waals surface area contributed by atoms with Gasteiger partial charge in [0.15, 0.2) is 4.90 Å². The molecule has 1 aliphatic heterocycles. The Morgan fingerprint density at radius 3 is 2.55 bits per heavy atom. The van der Waals surface area contributed by atoms with Crippen LogP contribution in [0.25, 0.3) is 0 Å². The highest BCUT2D eigenvalue weighted by atomic mass is 32.2. The summed E-state index contributed by atoms with van der Waals surface area (Å²) in [6.45, 7) is 2.18. The van der Waals surface area contributed by atoms with Gasteiger partial charge >= 0.3 is 0 Å². The zero-order valence-electron chi connectivity index (χ0n) is 15.7. The van der Waals surface area contributed by atoms with Crippen LogP contribution in [-0.2, 0) is 26.5 Å². The molecule has 0 saturated heterocycles. The third-order valence-electron chi connectivity index (χ3n) is 4.56. The van der Waals surface area contributed by atoms with Gasteiger partial charge in [-0.15, -0.1) is 0 Å². The lowest BCUT2D eigenvalue weighted by molar-refractivity contribution is -0.387. The molecule has 0 aliphatic carbocycles. The summed E-state index contributed by atoms with van der Waals surface area (Å²) in [4.78, 5) is 9.96. The second kappa shape index (κ2) is 7.99. The van der Waals surface area contributed by atoms with Crippen molar-refractivity contribution in [3.63, 3.8) is 0 Å². The van der Waals surface area contributed by atoms with E-state index in [9.17, 15) is 26.9 Å². The van der Waals surface area contributed by atoms with Crippen molar-refractivity contribution in [3.05, 3.63) is 58.1 Å². The topological polar surface area (TPSA) is 127 Å². The highest BCUT2D eigenvalue weighted by Crippen LogP contribution is 2.33. The average Bonchev–Trinajstić information content (AvgIpc) is 2.67. The SMILES string of the molecule is CCCS(=O)(=O)N1CCCc2cc(NS(=O)(=O)c3ccccc3[N+](=O)[O-])ccc21. The number of hydrogen-bond donors (Lipinski definition) is 1. The Morgan fingerprint density at radius 1 is 1.14 bits per heavy atom. The summed E-state index contributed by atoms with van der Waals surface area (Å²) in [6.07, 6.45) is 1.73. The fourth-order valence-corrected chi connectivity index (χ4v) is 6.17. The Morgan fingerprint density at radius 2 is 1.86 bits per heavy atom. The van der Waals surface area contributed by atoms with E-state index in [0.29, 0.717) is 37.1 Å². The number of sulfonamides is 2. The van der Waals surface area contributed by atoms with Gasteiger partial charge in [0.1, 0.15) is 0 Å². The lowest BCUT2D eigenvalue weighted by Gasteiger charge is -2.30. The van der Waals surface area contributed by atoms with Gasteiger partial charge in [0, 0.05) is 18.3 Å². The zero-order chi connectivity index (χ0) is 21.2. The van der Waals surface area contributed by atoms with E-state index in [1.165, 1.54) is 22.5 Å². The Bertz CT molecular complexity index is 1150. The van der Waals surface area contributed by atoms with Crippen LogP contribution >= 0.6 is 0 Å². The maximum Gasteiger partial charge on any atom is 0.289 e. The molecule has 0 spiro atoms. The predicted octanol–water partition coefficient (Wildman–Crippen LogP) is 2.89. The quantitative estimate of drug-likeness (QED) is 0.522. The van der Waals surface area contributed by atoms with Crippen LogP contribution in [0.4, 0.5) is 17.1 Å². The first-order valence-electron chi connectivity index (χ1n) is 9.05. The van der Waals surface area contributed by atoms with E-state index in [1.807, 2.05) is 0 Å². The molecule has 0 aromatic heterocycles. The molecule has 0 radical (unpaired) electrons. The first-order valence-corrected chi connectivity index (χ1v) is 12.1. The Labute approximate surface area is 169 Å². The molecule has 1 N–H and O–H groups in total. The van der Waals surface area contributed by atoms with E-state index >= 15 is 0 Å². The number of nitro benzene ring substituents is 1. The van der Waals surface area contributed by atoms with Crippen LogP contribution in [0.5, 0.6) is 0 Å². The molecule has 0 amide bonds. The molecule has 0 saturated carbocycles. The number of rotatable bonds is 7. The van der Waals surface area contributed by atoms with Gasteiger partial charge in [-0.2, -0.15) is 0 Å². The van der Waals surface area contributed by atoms with Crippen LogP contribution in [-0.4, -0.2) is 34.1 Å². The number of nitro groups is 1. The summed E-state index contributed by atoms with van der Waals surface area (Å²) in [6, 6.07) is 9.70. The standard InChI is InChI=1S/C18H21N3O6S2/c1-2-12-28(24,25)20-11-5-6-14-13-15(9-10-16(14)20)19-29(26,27)18-8-4-3-7-17(18)21(22)23/h3-4,7-10,13,19H,2,5-6,11-12H2,1H3. The third kappa shape index (κ3) is 4.35. The van der Waals surface area contributed by atoms with Gasteiger partial charge in [0.25, 0.3) is 15.7 Å². The van der Waals surface area contributed by atoms with Crippen LogP contribution in [0.3, 0.4) is 0 Å². The van der Waals surface area contributed by atoms with Gasteiger partial charge in [-0.1, -0.05) is 19.1 Å². The molecule has 29 heavy (non-hydrogen) atoms. The van der Waals surface area contributed by atoms with Crippen molar-refractivity contribution in [1.29, 1.82) is 0 Å². The van der Waals surface area contributed by atoms with E-state index in [2.05, 4.69) is 4.72 Å². The van der Waals surface area contributed by atoms with E-state index < -0.39 is 35.6 Å². The van der Waals surface area contributed by atoms with E-state index in [0.717, 1.165) is 12.1 Å². The molecular weight excluding hydrogens is 418 g/mol.